The molecule has 0 aliphatic carbocycles. The predicted octanol–water partition coefficient (Wildman–Crippen LogP) is 1.90. The standard InChI is InChI=1S/C16H21N5O/c1-12-9-13(2)21(19-12)15-4-3-14(17-18-15)20-7-5-16(10-20)6-8-22-11-16/h3-4,9H,5-8,10-11H2,1-2H3. The maximum Gasteiger partial charge on any atom is 0.176 e. The Balaban J connectivity index is 1.54. The summed E-state index contributed by atoms with van der Waals surface area (Å²) in [5.41, 5.74) is 2.41. The van der Waals surface area contributed by atoms with Crippen LogP contribution in [0.4, 0.5) is 5.82 Å². The van der Waals surface area contributed by atoms with Crippen molar-refractivity contribution in [2.75, 3.05) is 31.2 Å². The summed E-state index contributed by atoms with van der Waals surface area (Å²) in [4.78, 5) is 2.33. The molecule has 116 valence electrons. The predicted molar refractivity (Wildman–Crippen MR) is 83.3 cm³/mol. The summed E-state index contributed by atoms with van der Waals surface area (Å²) in [5, 5.41) is 13.2. The van der Waals surface area contributed by atoms with Gasteiger partial charge in [0.25, 0.3) is 0 Å². The first-order valence-electron chi connectivity index (χ1n) is 7.85. The van der Waals surface area contributed by atoms with Crippen molar-refractivity contribution >= 4 is 5.82 Å². The Hall–Kier alpha value is -1.95. The van der Waals surface area contributed by atoms with Crippen molar-refractivity contribution in [1.82, 2.24) is 20.0 Å². The number of hydrogen-bond donors (Lipinski definition) is 0. The zero-order valence-electron chi connectivity index (χ0n) is 13.1. The lowest BCUT2D eigenvalue weighted by Gasteiger charge is -2.22. The smallest absolute Gasteiger partial charge is 0.176 e. The van der Waals surface area contributed by atoms with Crippen molar-refractivity contribution in [3.8, 4) is 5.82 Å². The Labute approximate surface area is 130 Å². The van der Waals surface area contributed by atoms with E-state index >= 15 is 0 Å². The van der Waals surface area contributed by atoms with Gasteiger partial charge in [0.1, 0.15) is 0 Å². The van der Waals surface area contributed by atoms with Crippen LogP contribution in [0.25, 0.3) is 5.82 Å². The van der Waals surface area contributed by atoms with Crippen LogP contribution in [0.5, 0.6) is 0 Å². The van der Waals surface area contributed by atoms with Gasteiger partial charge in [-0.05, 0) is 44.9 Å². The molecule has 2 fully saturated rings. The highest BCUT2D eigenvalue weighted by Gasteiger charge is 2.41. The summed E-state index contributed by atoms with van der Waals surface area (Å²) in [6.07, 6.45) is 2.36. The second-order valence-electron chi connectivity index (χ2n) is 6.56. The average Bonchev–Trinajstić information content (AvgIpc) is 3.22. The quantitative estimate of drug-likeness (QED) is 0.847. The zero-order chi connectivity index (χ0) is 15.2. The monoisotopic (exact) mass is 299 g/mol. The summed E-state index contributed by atoms with van der Waals surface area (Å²) in [7, 11) is 0. The Morgan fingerprint density at radius 3 is 2.59 bits per heavy atom. The third-order valence-corrected chi connectivity index (χ3v) is 4.81. The van der Waals surface area contributed by atoms with E-state index in [-0.39, 0.29) is 0 Å². The number of anilines is 1. The van der Waals surface area contributed by atoms with E-state index < -0.39 is 0 Å². The van der Waals surface area contributed by atoms with Gasteiger partial charge in [0.05, 0.1) is 12.3 Å². The summed E-state index contributed by atoms with van der Waals surface area (Å²) in [6, 6.07) is 6.09. The lowest BCUT2D eigenvalue weighted by atomic mass is 9.87. The van der Waals surface area contributed by atoms with E-state index in [2.05, 4.69) is 20.2 Å². The third-order valence-electron chi connectivity index (χ3n) is 4.81. The van der Waals surface area contributed by atoms with E-state index in [1.54, 1.807) is 0 Å². The topological polar surface area (TPSA) is 56.1 Å². The van der Waals surface area contributed by atoms with E-state index in [4.69, 9.17) is 4.74 Å². The van der Waals surface area contributed by atoms with Crippen molar-refractivity contribution < 1.29 is 4.74 Å². The Kier molecular flexibility index (Phi) is 3.14. The van der Waals surface area contributed by atoms with E-state index in [0.29, 0.717) is 5.41 Å². The van der Waals surface area contributed by atoms with E-state index in [9.17, 15) is 0 Å². The van der Waals surface area contributed by atoms with Crippen molar-refractivity contribution in [2.24, 2.45) is 5.41 Å². The van der Waals surface area contributed by atoms with Crippen molar-refractivity contribution in [2.45, 2.75) is 26.7 Å². The molecule has 0 saturated carbocycles. The van der Waals surface area contributed by atoms with Gasteiger partial charge >= 0.3 is 0 Å². The minimum atomic E-state index is 0.343. The molecule has 0 bridgehead atoms. The number of aromatic nitrogens is 4. The molecule has 4 heterocycles. The fourth-order valence-electron chi connectivity index (χ4n) is 3.56. The third kappa shape index (κ3) is 2.27. The van der Waals surface area contributed by atoms with E-state index in [0.717, 1.165) is 49.3 Å². The molecule has 2 aliphatic rings. The van der Waals surface area contributed by atoms with Crippen LogP contribution in [-0.2, 0) is 4.74 Å². The van der Waals surface area contributed by atoms with Crippen molar-refractivity contribution in [1.29, 1.82) is 0 Å². The van der Waals surface area contributed by atoms with Gasteiger partial charge in [-0.25, -0.2) is 4.68 Å². The van der Waals surface area contributed by atoms with Crippen molar-refractivity contribution in [3.05, 3.63) is 29.6 Å². The van der Waals surface area contributed by atoms with Crippen LogP contribution in [-0.4, -0.2) is 46.3 Å². The maximum atomic E-state index is 5.58. The molecule has 4 rings (SSSR count). The highest BCUT2D eigenvalue weighted by atomic mass is 16.5. The molecule has 6 heteroatoms. The molecule has 2 aromatic heterocycles. The van der Waals surface area contributed by atoms with Gasteiger partial charge in [-0.1, -0.05) is 0 Å². The molecular formula is C16H21N5O. The van der Waals surface area contributed by atoms with Crippen LogP contribution >= 0.6 is 0 Å². The Bertz CT molecular complexity index is 672. The van der Waals surface area contributed by atoms with Crippen LogP contribution in [0.15, 0.2) is 18.2 Å². The van der Waals surface area contributed by atoms with Crippen LogP contribution in [0.1, 0.15) is 24.2 Å². The molecular weight excluding hydrogens is 278 g/mol. The molecule has 1 atom stereocenters. The fourth-order valence-corrected chi connectivity index (χ4v) is 3.56. The molecule has 2 aliphatic heterocycles. The molecule has 0 N–H and O–H groups in total. The average molecular weight is 299 g/mol. The summed E-state index contributed by atoms with van der Waals surface area (Å²) in [6.45, 7) is 7.87. The molecule has 2 saturated heterocycles. The minimum Gasteiger partial charge on any atom is -0.381 e. The number of nitrogens with zero attached hydrogens (tertiary/aromatic N) is 5. The minimum absolute atomic E-state index is 0.343. The fraction of sp³-hybridized carbons (Fsp3) is 0.562. The summed E-state index contributed by atoms with van der Waals surface area (Å²) < 4.78 is 7.42. The molecule has 2 aromatic rings. The van der Waals surface area contributed by atoms with Gasteiger partial charge in [0.15, 0.2) is 11.6 Å². The molecule has 1 unspecified atom stereocenters. The zero-order valence-corrected chi connectivity index (χ0v) is 13.1. The number of hydrogen-bond acceptors (Lipinski definition) is 5. The first-order chi connectivity index (χ1) is 10.7. The first-order valence-corrected chi connectivity index (χ1v) is 7.85. The molecule has 22 heavy (non-hydrogen) atoms. The van der Waals surface area contributed by atoms with E-state index in [1.165, 1.54) is 12.8 Å². The molecule has 1 spiro atoms. The second-order valence-corrected chi connectivity index (χ2v) is 6.56. The second kappa shape index (κ2) is 5.05. The Morgan fingerprint density at radius 2 is 1.95 bits per heavy atom. The largest absolute Gasteiger partial charge is 0.381 e. The highest BCUT2D eigenvalue weighted by Crippen LogP contribution is 2.39. The van der Waals surface area contributed by atoms with E-state index in [1.807, 2.05) is 36.7 Å². The van der Waals surface area contributed by atoms with Gasteiger partial charge in [0.2, 0.25) is 0 Å². The van der Waals surface area contributed by atoms with Crippen LogP contribution in [0.2, 0.25) is 0 Å². The number of ether oxygens (including phenoxy) is 1. The number of aryl methyl sites for hydroxylation is 2. The maximum absolute atomic E-state index is 5.58. The van der Waals surface area contributed by atoms with Gasteiger partial charge in [-0.15, -0.1) is 10.2 Å². The SMILES string of the molecule is Cc1cc(C)n(-c2ccc(N3CCC4(CCOC4)C3)nn2)n1. The first kappa shape index (κ1) is 13.7. The van der Waals surface area contributed by atoms with Gasteiger partial charge in [-0.2, -0.15) is 5.10 Å². The lowest BCUT2D eigenvalue weighted by Crippen LogP contribution is -2.28. The van der Waals surface area contributed by atoms with Gasteiger partial charge < -0.3 is 9.64 Å². The highest BCUT2D eigenvalue weighted by molar-refractivity contribution is 5.42. The molecule has 0 aromatic carbocycles. The summed E-state index contributed by atoms with van der Waals surface area (Å²) in [5.74, 6) is 1.72. The lowest BCUT2D eigenvalue weighted by molar-refractivity contribution is 0.160. The molecule has 6 nitrogen and oxygen atoms in total. The van der Waals surface area contributed by atoms with Crippen LogP contribution < -0.4 is 4.90 Å². The Morgan fingerprint density at radius 1 is 1.14 bits per heavy atom. The van der Waals surface area contributed by atoms with Crippen LogP contribution in [0.3, 0.4) is 0 Å². The van der Waals surface area contributed by atoms with Crippen molar-refractivity contribution in [3.63, 3.8) is 0 Å². The number of rotatable bonds is 2. The van der Waals surface area contributed by atoms with Gasteiger partial charge in [0, 0.05) is 30.8 Å². The van der Waals surface area contributed by atoms with Gasteiger partial charge in [-0.3, -0.25) is 0 Å². The summed E-state index contributed by atoms with van der Waals surface area (Å²) >= 11 is 0. The molecule has 0 radical (unpaired) electrons. The normalized spacial score (nSPS) is 24.5. The van der Waals surface area contributed by atoms with Crippen LogP contribution in [0, 0.1) is 19.3 Å². The molecule has 0 amide bonds.